The maximum absolute atomic E-state index is 12.9. The maximum atomic E-state index is 12.9. The topological polar surface area (TPSA) is 68.7 Å². The maximum Gasteiger partial charge on any atom is 0.335 e. The number of carbonyl (C=O) groups is 2. The van der Waals surface area contributed by atoms with Crippen LogP contribution in [0.2, 0.25) is 0 Å². The van der Waals surface area contributed by atoms with Crippen molar-refractivity contribution in [1.82, 2.24) is 9.88 Å². The van der Waals surface area contributed by atoms with Crippen LogP contribution < -0.4 is 0 Å². The molecule has 0 unspecified atom stereocenters. The average Bonchev–Trinajstić information content (AvgIpc) is 2.98. The zero-order valence-electron chi connectivity index (χ0n) is 13.7. The Bertz CT molecular complexity index is 601. The van der Waals surface area contributed by atoms with Crippen LogP contribution in [0.25, 0.3) is 0 Å². The quantitative estimate of drug-likeness (QED) is 0.777. The summed E-state index contributed by atoms with van der Waals surface area (Å²) >= 11 is 0. The lowest BCUT2D eigenvalue weighted by molar-refractivity contribution is -0.153. The summed E-state index contributed by atoms with van der Waals surface area (Å²) in [6, 6.07) is 3.66. The van der Waals surface area contributed by atoms with Crippen LogP contribution in [0.4, 0.5) is 0 Å². The molecule has 0 saturated carbocycles. The first-order chi connectivity index (χ1) is 11.0. The van der Waals surface area contributed by atoms with Crippen LogP contribution in [0.1, 0.15) is 42.2 Å². The molecule has 0 aromatic carbocycles. The molecule has 0 radical (unpaired) electrons. The van der Waals surface area contributed by atoms with Gasteiger partial charge in [-0.2, -0.15) is 0 Å². The number of carbonyl (C=O) groups excluding carboxylic acids is 2. The first-order valence-corrected chi connectivity index (χ1v) is 8.00. The molecule has 6 heteroatoms. The number of pyridine rings is 1. The van der Waals surface area contributed by atoms with E-state index in [2.05, 4.69) is 4.98 Å². The van der Waals surface area contributed by atoms with Crippen LogP contribution >= 0.6 is 0 Å². The van der Waals surface area contributed by atoms with Gasteiger partial charge in [0.1, 0.15) is 0 Å². The second-order valence-corrected chi connectivity index (χ2v) is 6.32. The third kappa shape index (κ3) is 2.95. The minimum Gasteiger partial charge on any atom is -0.467 e. The number of fused-ring (bicyclic) bond motifs is 1. The number of ether oxygens (including phenoxy) is 2. The molecule has 1 aromatic heterocycles. The number of piperidine rings is 1. The smallest absolute Gasteiger partial charge is 0.335 e. The van der Waals surface area contributed by atoms with Gasteiger partial charge in [-0.1, -0.05) is 0 Å². The van der Waals surface area contributed by atoms with Crippen LogP contribution in [0.5, 0.6) is 0 Å². The van der Waals surface area contributed by atoms with Crippen LogP contribution in [0, 0.1) is 6.92 Å². The Hall–Kier alpha value is -1.95. The van der Waals surface area contributed by atoms with Crippen molar-refractivity contribution in [2.45, 2.75) is 57.4 Å². The van der Waals surface area contributed by atoms with Gasteiger partial charge in [0.05, 0.1) is 24.8 Å². The highest BCUT2D eigenvalue weighted by Crippen LogP contribution is 2.36. The molecule has 4 atom stereocenters. The van der Waals surface area contributed by atoms with Crippen molar-refractivity contribution < 1.29 is 19.1 Å². The summed E-state index contributed by atoms with van der Waals surface area (Å²) in [6.07, 6.45) is 3.15. The van der Waals surface area contributed by atoms with Gasteiger partial charge < -0.3 is 14.4 Å². The summed E-state index contributed by atoms with van der Waals surface area (Å²) in [5, 5.41) is 0. The van der Waals surface area contributed by atoms with Gasteiger partial charge in [0, 0.05) is 24.4 Å². The highest BCUT2D eigenvalue weighted by molar-refractivity contribution is 5.94. The predicted octanol–water partition coefficient (Wildman–Crippen LogP) is 1.71. The number of esters is 1. The summed E-state index contributed by atoms with van der Waals surface area (Å²) in [4.78, 5) is 30.8. The summed E-state index contributed by atoms with van der Waals surface area (Å²) in [5.74, 6) is -0.412. The summed E-state index contributed by atoms with van der Waals surface area (Å²) in [7, 11) is 1.36. The lowest BCUT2D eigenvalue weighted by atomic mass is 9.92. The van der Waals surface area contributed by atoms with Gasteiger partial charge >= 0.3 is 5.97 Å². The number of amides is 1. The molecule has 1 aromatic rings. The van der Waals surface area contributed by atoms with Crippen molar-refractivity contribution in [3.8, 4) is 0 Å². The molecule has 2 fully saturated rings. The van der Waals surface area contributed by atoms with Gasteiger partial charge in [-0.15, -0.1) is 0 Å². The largest absolute Gasteiger partial charge is 0.467 e. The molecule has 6 nitrogen and oxygen atoms in total. The van der Waals surface area contributed by atoms with Crippen LogP contribution in [0.15, 0.2) is 18.3 Å². The molecule has 3 rings (SSSR count). The molecular formula is C17H22N2O4. The van der Waals surface area contributed by atoms with Crippen LogP contribution in [-0.4, -0.2) is 53.2 Å². The Kier molecular flexibility index (Phi) is 4.35. The monoisotopic (exact) mass is 318 g/mol. The van der Waals surface area contributed by atoms with E-state index in [1.54, 1.807) is 12.3 Å². The lowest BCUT2D eigenvalue weighted by Crippen LogP contribution is -2.53. The number of rotatable bonds is 2. The van der Waals surface area contributed by atoms with Gasteiger partial charge in [-0.3, -0.25) is 9.78 Å². The Labute approximate surface area is 135 Å². The fraction of sp³-hybridized carbons (Fsp3) is 0.588. The van der Waals surface area contributed by atoms with E-state index < -0.39 is 6.10 Å². The van der Waals surface area contributed by atoms with Crippen molar-refractivity contribution >= 4 is 11.9 Å². The minimum absolute atomic E-state index is 0.0474. The third-order valence-corrected chi connectivity index (χ3v) is 4.78. The Balaban J connectivity index is 1.83. The number of nitrogens with zero attached hydrogens (tertiary/aromatic N) is 2. The predicted molar refractivity (Wildman–Crippen MR) is 82.9 cm³/mol. The normalized spacial score (nSPS) is 30.0. The van der Waals surface area contributed by atoms with Crippen molar-refractivity contribution in [1.29, 1.82) is 0 Å². The van der Waals surface area contributed by atoms with E-state index in [-0.39, 0.29) is 30.1 Å². The zero-order chi connectivity index (χ0) is 16.6. The molecule has 3 heterocycles. The molecule has 0 bridgehead atoms. The summed E-state index contributed by atoms with van der Waals surface area (Å²) in [5.41, 5.74) is 1.45. The average molecular weight is 318 g/mol. The Morgan fingerprint density at radius 2 is 2.13 bits per heavy atom. The van der Waals surface area contributed by atoms with Crippen LogP contribution in [-0.2, 0) is 14.3 Å². The highest BCUT2D eigenvalue weighted by atomic mass is 16.6. The van der Waals surface area contributed by atoms with E-state index in [4.69, 9.17) is 9.47 Å². The number of likely N-dealkylation sites (tertiary alicyclic amines) is 1. The van der Waals surface area contributed by atoms with Crippen molar-refractivity contribution in [2.24, 2.45) is 0 Å². The molecule has 0 aliphatic carbocycles. The standard InChI is InChI=1S/C17H22N2O4/c1-10-4-6-12(9-18-10)16(20)19-11(2)5-7-14-13(19)8-15(23-14)17(21)22-3/h4,6,9,11,13-15H,5,7-8H2,1-3H3/t11-,13+,14-,15-/m0/s1. The molecule has 23 heavy (non-hydrogen) atoms. The van der Waals surface area contributed by atoms with Crippen molar-refractivity contribution in [3.63, 3.8) is 0 Å². The molecular weight excluding hydrogens is 296 g/mol. The zero-order valence-corrected chi connectivity index (χ0v) is 13.7. The van der Waals surface area contributed by atoms with E-state index in [0.29, 0.717) is 12.0 Å². The molecule has 1 amide bonds. The molecule has 124 valence electrons. The fourth-order valence-electron chi connectivity index (χ4n) is 3.53. The summed E-state index contributed by atoms with van der Waals surface area (Å²) < 4.78 is 10.6. The molecule has 0 spiro atoms. The number of hydrogen-bond acceptors (Lipinski definition) is 5. The highest BCUT2D eigenvalue weighted by Gasteiger charge is 2.47. The van der Waals surface area contributed by atoms with E-state index in [1.807, 2.05) is 24.8 Å². The number of aryl methyl sites for hydroxylation is 1. The third-order valence-electron chi connectivity index (χ3n) is 4.78. The second kappa shape index (κ2) is 6.28. The Morgan fingerprint density at radius 3 is 2.78 bits per heavy atom. The van der Waals surface area contributed by atoms with E-state index >= 15 is 0 Å². The van der Waals surface area contributed by atoms with Gasteiger partial charge in [-0.05, 0) is 38.8 Å². The van der Waals surface area contributed by atoms with Gasteiger partial charge in [0.2, 0.25) is 0 Å². The SMILES string of the molecule is COC(=O)[C@@H]1C[C@@H]2[C@H](CC[C@H](C)N2C(=O)c2ccc(C)nc2)O1. The molecule has 2 aliphatic heterocycles. The van der Waals surface area contributed by atoms with Gasteiger partial charge in [0.15, 0.2) is 6.10 Å². The first-order valence-electron chi connectivity index (χ1n) is 8.00. The fourth-order valence-corrected chi connectivity index (χ4v) is 3.53. The molecule has 2 aliphatic rings. The van der Waals surface area contributed by atoms with E-state index in [0.717, 1.165) is 18.5 Å². The minimum atomic E-state index is -0.577. The van der Waals surface area contributed by atoms with Crippen molar-refractivity contribution in [3.05, 3.63) is 29.6 Å². The molecule has 0 N–H and O–H groups in total. The first kappa shape index (κ1) is 15.9. The molecule has 2 saturated heterocycles. The van der Waals surface area contributed by atoms with E-state index in [1.165, 1.54) is 7.11 Å². The second-order valence-electron chi connectivity index (χ2n) is 6.32. The number of methoxy groups -OCH3 is 1. The van der Waals surface area contributed by atoms with Crippen molar-refractivity contribution in [2.75, 3.05) is 7.11 Å². The van der Waals surface area contributed by atoms with Gasteiger partial charge in [0.25, 0.3) is 5.91 Å². The lowest BCUT2D eigenvalue weighted by Gasteiger charge is -2.41. The van der Waals surface area contributed by atoms with Gasteiger partial charge in [-0.25, -0.2) is 4.79 Å². The van der Waals surface area contributed by atoms with Crippen LogP contribution in [0.3, 0.4) is 0 Å². The number of aromatic nitrogens is 1. The Morgan fingerprint density at radius 1 is 1.35 bits per heavy atom. The van der Waals surface area contributed by atoms with E-state index in [9.17, 15) is 9.59 Å². The summed E-state index contributed by atoms with van der Waals surface area (Å²) in [6.45, 7) is 3.93. The number of hydrogen-bond donors (Lipinski definition) is 0.